The third-order valence-electron chi connectivity index (χ3n) is 2.51. The van der Waals surface area contributed by atoms with Gasteiger partial charge in [0.05, 0.1) is 6.61 Å². The van der Waals surface area contributed by atoms with Crippen LogP contribution in [0.1, 0.15) is 19.8 Å². The zero-order chi connectivity index (χ0) is 9.19. The number of hydrogen-bond acceptors (Lipinski definition) is 3. The Kier molecular flexibility index (Phi) is 2.69. The summed E-state index contributed by atoms with van der Waals surface area (Å²) in [5, 5.41) is 18.5. The van der Waals surface area contributed by atoms with Gasteiger partial charge < -0.3 is 14.9 Å². The Morgan fingerprint density at radius 2 is 2.42 bits per heavy atom. The lowest BCUT2D eigenvalue weighted by molar-refractivity contribution is -0.165. The SMILES string of the molecule is CCC(O)(C(=O)O)C1CCOC1. The van der Waals surface area contributed by atoms with E-state index in [1.165, 1.54) is 0 Å². The van der Waals surface area contributed by atoms with Gasteiger partial charge >= 0.3 is 5.97 Å². The molecule has 0 saturated carbocycles. The number of carbonyl (C=O) groups is 1. The zero-order valence-corrected chi connectivity index (χ0v) is 7.12. The first kappa shape index (κ1) is 9.48. The van der Waals surface area contributed by atoms with Crippen LogP contribution in [0, 0.1) is 5.92 Å². The summed E-state index contributed by atoms with van der Waals surface area (Å²) < 4.78 is 5.03. The van der Waals surface area contributed by atoms with Gasteiger partial charge in [-0.1, -0.05) is 6.92 Å². The third-order valence-corrected chi connectivity index (χ3v) is 2.51. The van der Waals surface area contributed by atoms with Crippen LogP contribution in [-0.4, -0.2) is 35.0 Å². The number of rotatable bonds is 3. The molecule has 1 fully saturated rings. The first-order chi connectivity index (χ1) is 5.61. The van der Waals surface area contributed by atoms with Gasteiger partial charge in [-0.3, -0.25) is 0 Å². The minimum atomic E-state index is -1.59. The number of hydrogen-bond donors (Lipinski definition) is 2. The number of aliphatic carboxylic acids is 1. The molecule has 1 aliphatic heterocycles. The summed E-state index contributed by atoms with van der Waals surface area (Å²) in [6.45, 7) is 2.59. The van der Waals surface area contributed by atoms with Crippen molar-refractivity contribution in [1.82, 2.24) is 0 Å². The van der Waals surface area contributed by atoms with Gasteiger partial charge in [-0.25, -0.2) is 4.79 Å². The van der Waals surface area contributed by atoms with Crippen molar-refractivity contribution in [3.05, 3.63) is 0 Å². The second kappa shape index (κ2) is 3.41. The van der Waals surface area contributed by atoms with Crippen LogP contribution in [0.3, 0.4) is 0 Å². The first-order valence-corrected chi connectivity index (χ1v) is 4.14. The van der Waals surface area contributed by atoms with Gasteiger partial charge in [-0.05, 0) is 12.8 Å². The van der Waals surface area contributed by atoms with Crippen molar-refractivity contribution in [2.75, 3.05) is 13.2 Å². The van der Waals surface area contributed by atoms with E-state index in [9.17, 15) is 9.90 Å². The minimum Gasteiger partial charge on any atom is -0.479 e. The predicted octanol–water partition coefficient (Wildman–Crippen LogP) is 0.249. The predicted molar refractivity (Wildman–Crippen MR) is 41.8 cm³/mol. The van der Waals surface area contributed by atoms with Gasteiger partial charge in [0.15, 0.2) is 5.60 Å². The van der Waals surface area contributed by atoms with Crippen molar-refractivity contribution < 1.29 is 19.7 Å². The molecule has 0 aromatic carbocycles. The molecule has 70 valence electrons. The second-order valence-corrected chi connectivity index (χ2v) is 3.14. The van der Waals surface area contributed by atoms with Crippen molar-refractivity contribution in [2.45, 2.75) is 25.4 Å². The Morgan fingerprint density at radius 3 is 2.75 bits per heavy atom. The van der Waals surface area contributed by atoms with Gasteiger partial charge in [0, 0.05) is 12.5 Å². The van der Waals surface area contributed by atoms with E-state index in [0.717, 1.165) is 0 Å². The molecule has 0 spiro atoms. The van der Waals surface area contributed by atoms with Gasteiger partial charge in [0.2, 0.25) is 0 Å². The average molecular weight is 174 g/mol. The Hall–Kier alpha value is -0.610. The molecule has 4 nitrogen and oxygen atoms in total. The Labute approximate surface area is 71.2 Å². The molecule has 2 N–H and O–H groups in total. The molecular weight excluding hydrogens is 160 g/mol. The van der Waals surface area contributed by atoms with Crippen LogP contribution < -0.4 is 0 Å². The number of carboxylic acids is 1. The fourth-order valence-corrected chi connectivity index (χ4v) is 1.53. The number of carboxylic acid groups (broad SMARTS) is 1. The molecule has 1 aliphatic rings. The van der Waals surface area contributed by atoms with E-state index in [1.807, 2.05) is 0 Å². The molecule has 12 heavy (non-hydrogen) atoms. The van der Waals surface area contributed by atoms with Crippen LogP contribution in [0.2, 0.25) is 0 Å². The lowest BCUT2D eigenvalue weighted by atomic mass is 9.84. The molecule has 4 heteroatoms. The molecule has 1 rings (SSSR count). The number of ether oxygens (including phenoxy) is 1. The highest BCUT2D eigenvalue weighted by Gasteiger charge is 2.44. The maximum atomic E-state index is 10.7. The van der Waals surface area contributed by atoms with E-state index in [0.29, 0.717) is 19.6 Å². The topological polar surface area (TPSA) is 66.8 Å². The van der Waals surface area contributed by atoms with Crippen molar-refractivity contribution in [3.63, 3.8) is 0 Å². The molecule has 0 radical (unpaired) electrons. The van der Waals surface area contributed by atoms with Crippen LogP contribution in [0.5, 0.6) is 0 Å². The fourth-order valence-electron chi connectivity index (χ4n) is 1.53. The van der Waals surface area contributed by atoms with Crippen LogP contribution in [-0.2, 0) is 9.53 Å². The highest BCUT2D eigenvalue weighted by Crippen LogP contribution is 2.28. The smallest absolute Gasteiger partial charge is 0.336 e. The molecule has 1 saturated heterocycles. The summed E-state index contributed by atoms with van der Waals surface area (Å²) in [5.41, 5.74) is -1.59. The van der Waals surface area contributed by atoms with E-state index in [2.05, 4.69) is 0 Å². The summed E-state index contributed by atoms with van der Waals surface area (Å²) in [4.78, 5) is 10.7. The zero-order valence-electron chi connectivity index (χ0n) is 7.12. The van der Waals surface area contributed by atoms with Crippen molar-refractivity contribution in [2.24, 2.45) is 5.92 Å². The molecule has 2 atom stereocenters. The van der Waals surface area contributed by atoms with Crippen LogP contribution in [0.15, 0.2) is 0 Å². The monoisotopic (exact) mass is 174 g/mol. The molecule has 0 aromatic rings. The van der Waals surface area contributed by atoms with Crippen molar-refractivity contribution in [1.29, 1.82) is 0 Å². The second-order valence-electron chi connectivity index (χ2n) is 3.14. The molecular formula is C8H14O4. The largest absolute Gasteiger partial charge is 0.479 e. The number of aliphatic hydroxyl groups is 1. The molecule has 0 aromatic heterocycles. The average Bonchev–Trinajstić information content (AvgIpc) is 2.54. The van der Waals surface area contributed by atoms with Gasteiger partial charge in [0.25, 0.3) is 0 Å². The third kappa shape index (κ3) is 1.44. The van der Waals surface area contributed by atoms with Gasteiger partial charge in [0.1, 0.15) is 0 Å². The maximum Gasteiger partial charge on any atom is 0.336 e. The van der Waals surface area contributed by atoms with Crippen molar-refractivity contribution >= 4 is 5.97 Å². The summed E-state index contributed by atoms with van der Waals surface area (Å²) in [6.07, 6.45) is 0.868. The normalized spacial score (nSPS) is 28.3. The molecule has 1 heterocycles. The van der Waals surface area contributed by atoms with Crippen molar-refractivity contribution in [3.8, 4) is 0 Å². The van der Waals surface area contributed by atoms with E-state index >= 15 is 0 Å². The highest BCUT2D eigenvalue weighted by molar-refractivity contribution is 5.77. The van der Waals surface area contributed by atoms with Crippen LogP contribution in [0.4, 0.5) is 0 Å². The lowest BCUT2D eigenvalue weighted by Crippen LogP contribution is -2.45. The maximum absolute atomic E-state index is 10.7. The Morgan fingerprint density at radius 1 is 1.75 bits per heavy atom. The molecule has 2 unspecified atom stereocenters. The van der Waals surface area contributed by atoms with Crippen LogP contribution >= 0.6 is 0 Å². The quantitative estimate of drug-likeness (QED) is 0.643. The van der Waals surface area contributed by atoms with Crippen LogP contribution in [0.25, 0.3) is 0 Å². The molecule has 0 bridgehead atoms. The van der Waals surface area contributed by atoms with E-state index in [4.69, 9.17) is 9.84 Å². The Bertz CT molecular complexity index is 174. The fraction of sp³-hybridized carbons (Fsp3) is 0.875. The summed E-state index contributed by atoms with van der Waals surface area (Å²) in [6, 6.07) is 0. The Balaban J connectivity index is 2.70. The molecule has 0 aliphatic carbocycles. The van der Waals surface area contributed by atoms with E-state index in [-0.39, 0.29) is 12.3 Å². The van der Waals surface area contributed by atoms with E-state index < -0.39 is 11.6 Å². The molecule has 0 amide bonds. The van der Waals surface area contributed by atoms with E-state index in [1.54, 1.807) is 6.92 Å². The summed E-state index contributed by atoms with van der Waals surface area (Å²) >= 11 is 0. The summed E-state index contributed by atoms with van der Waals surface area (Å²) in [7, 11) is 0. The minimum absolute atomic E-state index is 0.232. The highest BCUT2D eigenvalue weighted by atomic mass is 16.5. The first-order valence-electron chi connectivity index (χ1n) is 4.14. The standard InChI is InChI=1S/C8H14O4/c1-2-8(11,7(9)10)6-3-4-12-5-6/h6,11H,2-5H2,1H3,(H,9,10). The van der Waals surface area contributed by atoms with Gasteiger partial charge in [-0.2, -0.15) is 0 Å². The summed E-state index contributed by atoms with van der Waals surface area (Å²) in [5.74, 6) is -1.39. The lowest BCUT2D eigenvalue weighted by Gasteiger charge is -2.27. The van der Waals surface area contributed by atoms with Gasteiger partial charge in [-0.15, -0.1) is 0 Å².